The topological polar surface area (TPSA) is 77.8 Å². The van der Waals surface area contributed by atoms with Gasteiger partial charge in [-0.15, -0.1) is 0 Å². The van der Waals surface area contributed by atoms with E-state index in [0.717, 1.165) is 18.4 Å². The molecule has 26 heavy (non-hydrogen) atoms. The predicted octanol–water partition coefficient (Wildman–Crippen LogP) is 3.84. The van der Waals surface area contributed by atoms with E-state index in [-0.39, 0.29) is 5.78 Å². The van der Waals surface area contributed by atoms with Crippen LogP contribution in [0.5, 0.6) is 11.5 Å². The van der Waals surface area contributed by atoms with Gasteiger partial charge in [0.25, 0.3) is 0 Å². The van der Waals surface area contributed by atoms with Crippen molar-refractivity contribution in [2.45, 2.75) is 33.1 Å². The van der Waals surface area contributed by atoms with Crippen molar-refractivity contribution in [1.29, 1.82) is 0 Å². The number of nitrogens with zero attached hydrogens (tertiary/aromatic N) is 1. The van der Waals surface area contributed by atoms with Crippen molar-refractivity contribution in [2.24, 2.45) is 7.05 Å². The minimum atomic E-state index is -0.693. The van der Waals surface area contributed by atoms with Crippen molar-refractivity contribution >= 4 is 11.8 Å². The normalized spacial score (nSPS) is 9.88. The lowest BCUT2D eigenvalue weighted by molar-refractivity contribution is -0.137. The highest BCUT2D eigenvalue weighted by molar-refractivity contribution is 6.09. The van der Waals surface area contributed by atoms with Crippen LogP contribution in [-0.4, -0.2) is 35.6 Å². The molecule has 1 aromatic heterocycles. The Morgan fingerprint density at radius 3 is 2.19 bits per heavy atom. The van der Waals surface area contributed by atoms with Gasteiger partial charge in [-0.3, -0.25) is 9.59 Å². The number of ether oxygens (including phenoxy) is 2. The van der Waals surface area contributed by atoms with Gasteiger partial charge in [-0.05, 0) is 43.2 Å². The summed E-state index contributed by atoms with van der Waals surface area (Å²) >= 11 is 0. The summed E-state index contributed by atoms with van der Waals surface area (Å²) in [5.74, 6) is 0.454. The summed E-state index contributed by atoms with van der Waals surface area (Å²) in [6, 6.07) is 7.11. The number of aliphatic carboxylic acids is 1. The Balaban J connectivity index is 0.000000412. The van der Waals surface area contributed by atoms with Gasteiger partial charge in [-0.1, -0.05) is 13.3 Å². The van der Waals surface area contributed by atoms with E-state index in [0.29, 0.717) is 29.2 Å². The van der Waals surface area contributed by atoms with Gasteiger partial charge in [0.1, 0.15) is 0 Å². The highest BCUT2D eigenvalue weighted by atomic mass is 16.5. The largest absolute Gasteiger partial charge is 0.493 e. The highest BCUT2D eigenvalue weighted by Gasteiger charge is 2.17. The van der Waals surface area contributed by atoms with Crippen molar-refractivity contribution < 1.29 is 24.2 Å². The first-order valence-electron chi connectivity index (χ1n) is 8.46. The quantitative estimate of drug-likeness (QED) is 0.758. The zero-order chi connectivity index (χ0) is 19.7. The standard InChI is InChI=1S/C15H17NO3.C5H10O2/c1-10-7-8-16(2)14(10)15(17)11-5-6-12(18-3)13(9-11)19-4;1-2-3-4-5(6)7/h5-9H,1-4H3;2-4H2,1H3,(H,6,7). The number of hydrogen-bond donors (Lipinski definition) is 1. The van der Waals surface area contributed by atoms with E-state index in [2.05, 4.69) is 0 Å². The lowest BCUT2D eigenvalue weighted by Crippen LogP contribution is -2.09. The molecule has 0 saturated carbocycles. The molecule has 1 N–H and O–H groups in total. The van der Waals surface area contributed by atoms with Gasteiger partial charge < -0.3 is 19.1 Å². The van der Waals surface area contributed by atoms with Gasteiger partial charge in [0.2, 0.25) is 5.78 Å². The Kier molecular flexibility index (Phi) is 8.42. The number of carboxylic acids is 1. The molecule has 1 heterocycles. The number of carboxylic acid groups (broad SMARTS) is 1. The SMILES string of the molecule is CCCCC(=O)O.COc1ccc(C(=O)c2c(C)ccn2C)cc1OC. The van der Waals surface area contributed by atoms with Gasteiger partial charge in [0.15, 0.2) is 11.5 Å². The maximum atomic E-state index is 12.5. The molecule has 0 radical (unpaired) electrons. The van der Waals surface area contributed by atoms with E-state index >= 15 is 0 Å². The third-order valence-electron chi connectivity index (χ3n) is 3.88. The molecular formula is C20H27NO5. The first-order valence-corrected chi connectivity index (χ1v) is 8.46. The fourth-order valence-corrected chi connectivity index (χ4v) is 2.44. The Morgan fingerprint density at radius 1 is 1.12 bits per heavy atom. The van der Waals surface area contributed by atoms with E-state index in [4.69, 9.17) is 14.6 Å². The molecule has 0 amide bonds. The molecule has 0 saturated heterocycles. The lowest BCUT2D eigenvalue weighted by Gasteiger charge is -2.10. The van der Waals surface area contributed by atoms with Gasteiger partial charge in [-0.25, -0.2) is 0 Å². The van der Waals surface area contributed by atoms with Gasteiger partial charge in [-0.2, -0.15) is 0 Å². The maximum Gasteiger partial charge on any atom is 0.303 e. The summed E-state index contributed by atoms with van der Waals surface area (Å²) in [5, 5.41) is 8.04. The number of methoxy groups -OCH3 is 2. The van der Waals surface area contributed by atoms with Gasteiger partial charge in [0, 0.05) is 25.2 Å². The van der Waals surface area contributed by atoms with Crippen molar-refractivity contribution in [3.05, 3.63) is 47.3 Å². The lowest BCUT2D eigenvalue weighted by atomic mass is 10.1. The Labute approximate surface area is 154 Å². The van der Waals surface area contributed by atoms with Crippen molar-refractivity contribution in [2.75, 3.05) is 14.2 Å². The van der Waals surface area contributed by atoms with Gasteiger partial charge in [0.05, 0.1) is 19.9 Å². The fourth-order valence-electron chi connectivity index (χ4n) is 2.44. The van der Waals surface area contributed by atoms with Crippen LogP contribution in [-0.2, 0) is 11.8 Å². The van der Waals surface area contributed by atoms with Crippen molar-refractivity contribution in [1.82, 2.24) is 4.57 Å². The number of ketones is 1. The first-order chi connectivity index (χ1) is 12.3. The average Bonchev–Trinajstić information content (AvgIpc) is 2.97. The number of benzene rings is 1. The minimum Gasteiger partial charge on any atom is -0.493 e. The van der Waals surface area contributed by atoms with Crippen LogP contribution in [0.3, 0.4) is 0 Å². The van der Waals surface area contributed by atoms with Crippen molar-refractivity contribution in [3.8, 4) is 11.5 Å². The summed E-state index contributed by atoms with van der Waals surface area (Å²) in [6.07, 6.45) is 3.96. The number of carbonyl (C=O) groups is 2. The van der Waals surface area contributed by atoms with Gasteiger partial charge >= 0.3 is 5.97 Å². The molecule has 1 aromatic carbocycles. The molecule has 6 nitrogen and oxygen atoms in total. The Hall–Kier alpha value is -2.76. The van der Waals surface area contributed by atoms with Crippen LogP contribution in [0.2, 0.25) is 0 Å². The van der Waals surface area contributed by atoms with Crippen LogP contribution in [0.4, 0.5) is 0 Å². The summed E-state index contributed by atoms with van der Waals surface area (Å²) in [6.45, 7) is 3.90. The number of carbonyl (C=O) groups excluding carboxylic acids is 1. The monoisotopic (exact) mass is 361 g/mol. The van der Waals surface area contributed by atoms with E-state index in [1.165, 1.54) is 0 Å². The number of rotatable bonds is 7. The molecule has 0 fully saturated rings. The van der Waals surface area contributed by atoms with Crippen LogP contribution in [0.15, 0.2) is 30.5 Å². The smallest absolute Gasteiger partial charge is 0.303 e. The molecule has 0 unspecified atom stereocenters. The van der Waals surface area contributed by atoms with Crippen LogP contribution >= 0.6 is 0 Å². The zero-order valence-corrected chi connectivity index (χ0v) is 16.0. The number of unbranched alkanes of at least 4 members (excludes halogenated alkanes) is 1. The second kappa shape index (κ2) is 10.3. The van der Waals surface area contributed by atoms with E-state index in [1.54, 1.807) is 32.4 Å². The second-order valence-electron chi connectivity index (χ2n) is 5.85. The Morgan fingerprint density at radius 2 is 1.77 bits per heavy atom. The van der Waals surface area contributed by atoms with Crippen LogP contribution < -0.4 is 9.47 Å². The third kappa shape index (κ3) is 5.65. The summed E-state index contributed by atoms with van der Waals surface area (Å²) in [4.78, 5) is 22.3. The average molecular weight is 361 g/mol. The third-order valence-corrected chi connectivity index (χ3v) is 3.88. The Bertz CT molecular complexity index is 729. The van der Waals surface area contributed by atoms with Crippen LogP contribution in [0.1, 0.15) is 47.8 Å². The summed E-state index contributed by atoms with van der Waals surface area (Å²) in [5.41, 5.74) is 2.23. The summed E-state index contributed by atoms with van der Waals surface area (Å²) in [7, 11) is 4.99. The summed E-state index contributed by atoms with van der Waals surface area (Å²) < 4.78 is 12.2. The van der Waals surface area contributed by atoms with Crippen LogP contribution in [0, 0.1) is 6.92 Å². The number of hydrogen-bond acceptors (Lipinski definition) is 4. The minimum absolute atomic E-state index is 0.0223. The maximum absolute atomic E-state index is 12.5. The number of aryl methyl sites for hydroxylation is 2. The zero-order valence-electron chi connectivity index (χ0n) is 16.0. The molecular weight excluding hydrogens is 334 g/mol. The predicted molar refractivity (Wildman–Crippen MR) is 100 cm³/mol. The van der Waals surface area contributed by atoms with E-state index in [9.17, 15) is 9.59 Å². The molecule has 0 bridgehead atoms. The highest BCUT2D eigenvalue weighted by Crippen LogP contribution is 2.28. The molecule has 2 aromatic rings. The molecule has 0 atom stereocenters. The van der Waals surface area contributed by atoms with E-state index < -0.39 is 5.97 Å². The fraction of sp³-hybridized carbons (Fsp3) is 0.400. The second-order valence-corrected chi connectivity index (χ2v) is 5.85. The molecule has 0 spiro atoms. The van der Waals surface area contributed by atoms with Crippen LogP contribution in [0.25, 0.3) is 0 Å². The van der Waals surface area contributed by atoms with E-state index in [1.807, 2.05) is 37.7 Å². The molecule has 6 heteroatoms. The molecule has 142 valence electrons. The molecule has 2 rings (SSSR count). The molecule has 0 aliphatic heterocycles. The molecule has 0 aliphatic rings. The van der Waals surface area contributed by atoms with Crippen molar-refractivity contribution in [3.63, 3.8) is 0 Å². The molecule has 0 aliphatic carbocycles. The first kappa shape index (κ1) is 21.3. The number of aromatic nitrogens is 1.